The Kier molecular flexibility index (Phi) is 7.34. The van der Waals surface area contributed by atoms with Gasteiger partial charge in [0.25, 0.3) is 0 Å². The molecule has 2 N–H and O–H groups in total. The Morgan fingerprint density at radius 2 is 1.80 bits per heavy atom. The zero-order valence-electron chi connectivity index (χ0n) is 22.6. The molecule has 214 valence electrons. The molecule has 41 heavy (non-hydrogen) atoms. The number of ether oxygens (including phenoxy) is 1. The van der Waals surface area contributed by atoms with Gasteiger partial charge in [0.1, 0.15) is 11.5 Å². The van der Waals surface area contributed by atoms with Crippen molar-refractivity contribution in [2.75, 3.05) is 4.90 Å². The predicted molar refractivity (Wildman–Crippen MR) is 160 cm³/mol. The molecule has 0 unspecified atom stereocenters. The largest absolute Gasteiger partial charge is 0.373 e. The van der Waals surface area contributed by atoms with E-state index in [-0.39, 0.29) is 6.10 Å². The number of nitrogens with zero attached hydrogens (tertiary/aromatic N) is 3. The highest BCUT2D eigenvalue weighted by atomic mass is 35.5. The van der Waals surface area contributed by atoms with Gasteiger partial charge in [-0.25, -0.2) is 4.98 Å². The monoisotopic (exact) mass is 611 g/mol. The lowest BCUT2D eigenvalue weighted by molar-refractivity contribution is -0.0429. The molecule has 2 aromatic heterocycles. The van der Waals surface area contributed by atoms with Crippen molar-refractivity contribution in [3.63, 3.8) is 0 Å². The zero-order valence-corrected chi connectivity index (χ0v) is 24.9. The van der Waals surface area contributed by atoms with Crippen molar-refractivity contribution in [1.82, 2.24) is 10.1 Å². The molecule has 1 aliphatic carbocycles. The number of piperidine rings is 1. The van der Waals surface area contributed by atoms with Crippen LogP contribution in [-0.4, -0.2) is 38.5 Å². The Hall–Kier alpha value is -2.46. The van der Waals surface area contributed by atoms with E-state index in [1.807, 2.05) is 37.3 Å². The maximum atomic E-state index is 9.55. The van der Waals surface area contributed by atoms with Crippen LogP contribution in [0.25, 0.3) is 22.5 Å². The van der Waals surface area contributed by atoms with Gasteiger partial charge in [0, 0.05) is 45.6 Å². The maximum Gasteiger partial charge on any atom is 0.186 e. The molecule has 3 aliphatic rings. The third-order valence-corrected chi connectivity index (χ3v) is 10.2. The smallest absolute Gasteiger partial charge is 0.186 e. The minimum atomic E-state index is -1.47. The number of hydrogen-bond donors (Lipinski definition) is 2. The fourth-order valence-electron chi connectivity index (χ4n) is 6.47. The van der Waals surface area contributed by atoms with Gasteiger partial charge in [-0.05, 0) is 69.2 Å². The van der Waals surface area contributed by atoms with E-state index in [1.165, 1.54) is 0 Å². The second kappa shape index (κ2) is 11.0. The fourth-order valence-corrected chi connectivity index (χ4v) is 8.02. The highest BCUT2D eigenvalue weighted by Gasteiger charge is 2.43. The quantitative estimate of drug-likeness (QED) is 0.198. The Balaban J connectivity index is 1.06. The first-order valence-electron chi connectivity index (χ1n) is 14.1. The van der Waals surface area contributed by atoms with Crippen LogP contribution in [0.2, 0.25) is 10.0 Å². The Labute approximate surface area is 252 Å². The predicted octanol–water partition coefficient (Wildman–Crippen LogP) is 7.66. The summed E-state index contributed by atoms with van der Waals surface area (Å²) >= 11 is 14.8. The SMILES string of the molecule is Cc1cc(-c2csc(N3[C@@H]4CC[C@H]3C[C@@H](OCc3c(-c5c(Cl)cccc5Cl)noc3C3CC3)C4)n2)ccc1C(O)O. The summed E-state index contributed by atoms with van der Waals surface area (Å²) in [6.45, 7) is 2.31. The maximum absolute atomic E-state index is 9.55. The number of thiazole rings is 1. The number of rotatable bonds is 8. The molecule has 0 radical (unpaired) electrons. The Bertz CT molecular complexity index is 1550. The molecule has 4 heterocycles. The molecule has 2 aromatic carbocycles. The van der Waals surface area contributed by atoms with E-state index in [0.29, 0.717) is 51.5 Å². The van der Waals surface area contributed by atoms with Crippen LogP contribution in [0, 0.1) is 6.92 Å². The number of aromatic nitrogens is 2. The number of aryl methyl sites for hydroxylation is 1. The summed E-state index contributed by atoms with van der Waals surface area (Å²) in [5, 5.41) is 27.8. The number of fused-ring (bicyclic) bond motifs is 2. The molecule has 2 saturated heterocycles. The second-order valence-electron chi connectivity index (χ2n) is 11.4. The lowest BCUT2D eigenvalue weighted by Crippen LogP contribution is -2.45. The lowest BCUT2D eigenvalue weighted by Gasteiger charge is -2.38. The minimum Gasteiger partial charge on any atom is -0.373 e. The molecule has 7 rings (SSSR count). The summed E-state index contributed by atoms with van der Waals surface area (Å²) in [6, 6.07) is 11.9. The molecule has 4 aromatic rings. The number of halogens is 2. The van der Waals surface area contributed by atoms with E-state index in [9.17, 15) is 10.2 Å². The molecular weight excluding hydrogens is 581 g/mol. The van der Waals surface area contributed by atoms with Crippen LogP contribution in [-0.2, 0) is 11.3 Å². The van der Waals surface area contributed by atoms with Crippen molar-refractivity contribution in [2.24, 2.45) is 0 Å². The lowest BCUT2D eigenvalue weighted by atomic mass is 10.00. The van der Waals surface area contributed by atoms with Crippen LogP contribution < -0.4 is 4.90 Å². The second-order valence-corrected chi connectivity index (χ2v) is 13.1. The standard InChI is InChI=1S/C31H31Cl2N3O4S/c1-16-11-18(7-10-22(16)30(37)38)26-15-41-31(34-26)36-19-8-9-20(36)13-21(12-19)39-14-23-28(35-40-29(23)17-5-6-17)27-24(32)3-2-4-25(27)33/h2-4,7,10-11,15,17,19-21,30,37-38H,5-6,8-9,12-14H2,1H3/t19-,20+,21+. The Morgan fingerprint density at radius 3 is 2.46 bits per heavy atom. The van der Waals surface area contributed by atoms with Crippen molar-refractivity contribution in [2.45, 2.75) is 82.5 Å². The number of anilines is 1. The summed E-state index contributed by atoms with van der Waals surface area (Å²) in [5.41, 5.74) is 5.61. The van der Waals surface area contributed by atoms with Gasteiger partial charge in [-0.1, -0.05) is 46.6 Å². The highest BCUT2D eigenvalue weighted by Crippen LogP contribution is 2.47. The van der Waals surface area contributed by atoms with E-state index in [2.05, 4.69) is 15.4 Å². The first-order valence-corrected chi connectivity index (χ1v) is 15.8. The molecular formula is C31H31Cl2N3O4S. The van der Waals surface area contributed by atoms with Gasteiger partial charge in [-0.15, -0.1) is 11.3 Å². The van der Waals surface area contributed by atoms with Crippen molar-refractivity contribution >= 4 is 39.7 Å². The zero-order chi connectivity index (χ0) is 28.2. The van der Waals surface area contributed by atoms with Crippen molar-refractivity contribution in [1.29, 1.82) is 0 Å². The van der Waals surface area contributed by atoms with E-state index in [4.69, 9.17) is 37.4 Å². The van der Waals surface area contributed by atoms with Crippen molar-refractivity contribution < 1.29 is 19.5 Å². The van der Waals surface area contributed by atoms with Gasteiger partial charge in [-0.2, -0.15) is 0 Å². The van der Waals surface area contributed by atoms with Gasteiger partial charge in [0.15, 0.2) is 11.4 Å². The van der Waals surface area contributed by atoms with Gasteiger partial charge in [0.05, 0.1) is 28.5 Å². The third-order valence-electron chi connectivity index (χ3n) is 8.68. The van der Waals surface area contributed by atoms with Crippen LogP contribution in [0.15, 0.2) is 46.3 Å². The van der Waals surface area contributed by atoms with Crippen LogP contribution in [0.1, 0.15) is 73.2 Å². The number of aliphatic hydroxyl groups is 2. The molecule has 3 atom stereocenters. The molecule has 3 fully saturated rings. The minimum absolute atomic E-state index is 0.139. The average Bonchev–Trinajstić information content (AvgIpc) is 3.41. The number of hydrogen-bond acceptors (Lipinski definition) is 8. The first-order chi connectivity index (χ1) is 19.9. The topological polar surface area (TPSA) is 91.9 Å². The molecule has 0 amide bonds. The van der Waals surface area contributed by atoms with Gasteiger partial charge in [-0.3, -0.25) is 0 Å². The normalized spacial score (nSPS) is 22.2. The van der Waals surface area contributed by atoms with E-state index in [1.54, 1.807) is 17.4 Å². The van der Waals surface area contributed by atoms with Crippen LogP contribution in [0.4, 0.5) is 5.13 Å². The summed E-state index contributed by atoms with van der Waals surface area (Å²) in [6.07, 6.45) is 5.01. The van der Waals surface area contributed by atoms with E-state index >= 15 is 0 Å². The van der Waals surface area contributed by atoms with Gasteiger partial charge >= 0.3 is 0 Å². The summed E-state index contributed by atoms with van der Waals surface area (Å²) in [5.74, 6) is 1.30. The van der Waals surface area contributed by atoms with Gasteiger partial charge < -0.3 is 24.4 Å². The first kappa shape index (κ1) is 27.4. The summed E-state index contributed by atoms with van der Waals surface area (Å²) in [7, 11) is 0. The third kappa shape index (κ3) is 5.19. The van der Waals surface area contributed by atoms with Crippen molar-refractivity contribution in [3.05, 3.63) is 74.3 Å². The number of aliphatic hydroxyl groups excluding tert-OH is 1. The Morgan fingerprint density at radius 1 is 1.07 bits per heavy atom. The molecule has 10 heteroatoms. The summed E-state index contributed by atoms with van der Waals surface area (Å²) in [4.78, 5) is 7.50. The average molecular weight is 613 g/mol. The van der Waals surface area contributed by atoms with E-state index in [0.717, 1.165) is 71.8 Å². The van der Waals surface area contributed by atoms with Crippen LogP contribution in [0.5, 0.6) is 0 Å². The summed E-state index contributed by atoms with van der Waals surface area (Å²) < 4.78 is 12.4. The number of benzene rings is 2. The highest BCUT2D eigenvalue weighted by molar-refractivity contribution is 7.14. The molecule has 7 nitrogen and oxygen atoms in total. The molecule has 1 saturated carbocycles. The fraction of sp³-hybridized carbons (Fsp3) is 0.419. The van der Waals surface area contributed by atoms with Crippen LogP contribution >= 0.6 is 34.5 Å². The molecule has 0 spiro atoms. The van der Waals surface area contributed by atoms with E-state index < -0.39 is 6.29 Å². The van der Waals surface area contributed by atoms with Crippen molar-refractivity contribution in [3.8, 4) is 22.5 Å². The molecule has 2 aliphatic heterocycles. The van der Waals surface area contributed by atoms with Crippen LogP contribution in [0.3, 0.4) is 0 Å². The van der Waals surface area contributed by atoms with Gasteiger partial charge in [0.2, 0.25) is 0 Å². The molecule has 2 bridgehead atoms.